The highest BCUT2D eigenvalue weighted by atomic mass is 15.3. The zero-order valence-electron chi connectivity index (χ0n) is 14.4. The third-order valence-electron chi connectivity index (χ3n) is 4.18. The molecule has 24 heavy (non-hydrogen) atoms. The van der Waals surface area contributed by atoms with Crippen molar-refractivity contribution in [2.45, 2.75) is 39.4 Å². The quantitative estimate of drug-likeness (QED) is 0.702. The summed E-state index contributed by atoms with van der Waals surface area (Å²) >= 11 is 0. The summed E-state index contributed by atoms with van der Waals surface area (Å²) in [6.45, 7) is 6.97. The number of hydrogen-bond acceptors (Lipinski definition) is 2. The van der Waals surface area contributed by atoms with Crippen molar-refractivity contribution in [3.8, 4) is 0 Å². The molecule has 3 rings (SSSR count). The van der Waals surface area contributed by atoms with Gasteiger partial charge in [0.15, 0.2) is 0 Å². The van der Waals surface area contributed by atoms with Crippen molar-refractivity contribution >= 4 is 0 Å². The zero-order chi connectivity index (χ0) is 16.8. The lowest BCUT2D eigenvalue weighted by molar-refractivity contribution is 0.677. The molecule has 0 bridgehead atoms. The molecule has 3 nitrogen and oxygen atoms in total. The van der Waals surface area contributed by atoms with Gasteiger partial charge in [-0.2, -0.15) is 5.10 Å². The fourth-order valence-corrected chi connectivity index (χ4v) is 2.73. The predicted octanol–water partition coefficient (Wildman–Crippen LogP) is 4.34. The van der Waals surface area contributed by atoms with E-state index in [0.29, 0.717) is 5.92 Å². The van der Waals surface area contributed by atoms with E-state index in [9.17, 15) is 0 Å². The Balaban J connectivity index is 1.48. The minimum atomic E-state index is 0.586. The molecule has 0 aliphatic carbocycles. The molecule has 0 spiro atoms. The Labute approximate surface area is 144 Å². The fraction of sp³-hybridized carbons (Fsp3) is 0.286. The fourth-order valence-electron chi connectivity index (χ4n) is 2.73. The normalized spacial score (nSPS) is 11.1. The second kappa shape index (κ2) is 7.93. The Bertz CT molecular complexity index is 742. The largest absolute Gasteiger partial charge is 0.309 e. The molecule has 2 aromatic carbocycles. The van der Waals surface area contributed by atoms with Gasteiger partial charge in [0, 0.05) is 24.8 Å². The summed E-state index contributed by atoms with van der Waals surface area (Å²) < 4.78 is 1.99. The molecule has 0 aliphatic heterocycles. The Morgan fingerprint density at radius 3 is 2.29 bits per heavy atom. The zero-order valence-corrected chi connectivity index (χ0v) is 14.4. The maximum Gasteiger partial charge on any atom is 0.0659 e. The van der Waals surface area contributed by atoms with Crippen LogP contribution in [0.4, 0.5) is 0 Å². The number of aromatic nitrogens is 2. The van der Waals surface area contributed by atoms with E-state index in [2.05, 4.69) is 79.0 Å². The molecule has 1 heterocycles. The molecule has 0 radical (unpaired) electrons. The molecule has 3 heteroatoms. The van der Waals surface area contributed by atoms with E-state index in [1.54, 1.807) is 0 Å². The summed E-state index contributed by atoms with van der Waals surface area (Å²) in [4.78, 5) is 0. The van der Waals surface area contributed by atoms with Crippen LogP contribution in [0.1, 0.15) is 42.0 Å². The Morgan fingerprint density at radius 2 is 1.58 bits per heavy atom. The summed E-state index contributed by atoms with van der Waals surface area (Å²) in [6.07, 6.45) is 4.06. The van der Waals surface area contributed by atoms with Crippen molar-refractivity contribution in [1.29, 1.82) is 0 Å². The predicted molar refractivity (Wildman–Crippen MR) is 98.8 cm³/mol. The average molecular weight is 319 g/mol. The first-order valence-corrected chi connectivity index (χ1v) is 8.55. The molecule has 124 valence electrons. The van der Waals surface area contributed by atoms with E-state index in [0.717, 1.165) is 19.6 Å². The van der Waals surface area contributed by atoms with Crippen molar-refractivity contribution in [3.63, 3.8) is 0 Å². The van der Waals surface area contributed by atoms with Gasteiger partial charge in [0.2, 0.25) is 0 Å². The molecule has 3 aromatic rings. The molecule has 0 saturated heterocycles. The first-order valence-electron chi connectivity index (χ1n) is 8.55. The molecular formula is C21H25N3. The molecule has 1 aromatic heterocycles. The highest BCUT2D eigenvalue weighted by Gasteiger charge is 2.01. The van der Waals surface area contributed by atoms with Gasteiger partial charge in [-0.3, -0.25) is 4.68 Å². The van der Waals surface area contributed by atoms with Crippen LogP contribution in [0.25, 0.3) is 0 Å². The lowest BCUT2D eigenvalue weighted by atomic mass is 10.0. The minimum Gasteiger partial charge on any atom is -0.309 e. The van der Waals surface area contributed by atoms with E-state index < -0.39 is 0 Å². The van der Waals surface area contributed by atoms with E-state index in [-0.39, 0.29) is 0 Å². The summed E-state index contributed by atoms with van der Waals surface area (Å²) in [5.74, 6) is 0.586. The third kappa shape index (κ3) is 4.56. The van der Waals surface area contributed by atoms with Crippen molar-refractivity contribution in [1.82, 2.24) is 15.1 Å². The molecule has 0 atom stereocenters. The third-order valence-corrected chi connectivity index (χ3v) is 4.18. The summed E-state index contributed by atoms with van der Waals surface area (Å²) in [5, 5.41) is 7.94. The van der Waals surface area contributed by atoms with Crippen LogP contribution in [0.2, 0.25) is 0 Å². The van der Waals surface area contributed by atoms with Crippen LogP contribution in [0, 0.1) is 0 Å². The van der Waals surface area contributed by atoms with Crippen molar-refractivity contribution in [2.75, 3.05) is 0 Å². The van der Waals surface area contributed by atoms with Crippen LogP contribution in [-0.2, 0) is 19.6 Å². The van der Waals surface area contributed by atoms with E-state index in [4.69, 9.17) is 0 Å². The van der Waals surface area contributed by atoms with E-state index in [1.165, 1.54) is 22.3 Å². The van der Waals surface area contributed by atoms with Gasteiger partial charge in [0.05, 0.1) is 12.7 Å². The summed E-state index contributed by atoms with van der Waals surface area (Å²) in [5.41, 5.74) is 5.19. The topological polar surface area (TPSA) is 29.9 Å². The highest BCUT2D eigenvalue weighted by molar-refractivity contribution is 5.24. The molecule has 0 fully saturated rings. The highest BCUT2D eigenvalue weighted by Crippen LogP contribution is 2.14. The summed E-state index contributed by atoms with van der Waals surface area (Å²) in [7, 11) is 0. The summed E-state index contributed by atoms with van der Waals surface area (Å²) in [6, 6.07) is 19.3. The number of benzene rings is 2. The van der Waals surface area contributed by atoms with Gasteiger partial charge >= 0.3 is 0 Å². The van der Waals surface area contributed by atoms with E-state index >= 15 is 0 Å². The Morgan fingerprint density at radius 1 is 0.875 bits per heavy atom. The second-order valence-electron chi connectivity index (χ2n) is 6.53. The smallest absolute Gasteiger partial charge is 0.0659 e. The lowest BCUT2D eigenvalue weighted by Gasteiger charge is -2.07. The van der Waals surface area contributed by atoms with Crippen molar-refractivity contribution < 1.29 is 0 Å². The van der Waals surface area contributed by atoms with E-state index in [1.807, 2.05) is 16.9 Å². The van der Waals surface area contributed by atoms with Gasteiger partial charge in [0.25, 0.3) is 0 Å². The average Bonchev–Trinajstić information content (AvgIpc) is 3.03. The maximum atomic E-state index is 4.44. The Hall–Kier alpha value is -2.39. The number of nitrogens with zero attached hydrogens (tertiary/aromatic N) is 2. The van der Waals surface area contributed by atoms with Gasteiger partial charge in [-0.05, 0) is 22.6 Å². The van der Waals surface area contributed by atoms with Crippen LogP contribution >= 0.6 is 0 Å². The molecule has 1 N–H and O–H groups in total. The minimum absolute atomic E-state index is 0.586. The Kier molecular flexibility index (Phi) is 5.44. The molecule has 0 saturated carbocycles. The van der Waals surface area contributed by atoms with Crippen molar-refractivity contribution in [2.24, 2.45) is 0 Å². The standard InChI is InChI=1S/C21H25N3/c1-17(2)21-10-8-18(9-11-21)12-22-13-20-14-23-24(16-20)15-19-6-4-3-5-7-19/h3-11,14,16-17,22H,12-13,15H2,1-2H3. The lowest BCUT2D eigenvalue weighted by Crippen LogP contribution is -2.12. The van der Waals surface area contributed by atoms with Gasteiger partial charge in [-0.1, -0.05) is 68.4 Å². The number of hydrogen-bond donors (Lipinski definition) is 1. The second-order valence-corrected chi connectivity index (χ2v) is 6.53. The maximum absolute atomic E-state index is 4.44. The first kappa shape index (κ1) is 16.5. The van der Waals surface area contributed by atoms with Crippen molar-refractivity contribution in [3.05, 3.63) is 89.2 Å². The molecule has 0 amide bonds. The van der Waals surface area contributed by atoms with Crippen LogP contribution < -0.4 is 5.32 Å². The number of nitrogens with one attached hydrogen (secondary N) is 1. The molecule has 0 unspecified atom stereocenters. The first-order chi connectivity index (χ1) is 11.7. The molecular weight excluding hydrogens is 294 g/mol. The van der Waals surface area contributed by atoms with Crippen LogP contribution in [0.5, 0.6) is 0 Å². The van der Waals surface area contributed by atoms with Crippen LogP contribution in [-0.4, -0.2) is 9.78 Å². The SMILES string of the molecule is CC(C)c1ccc(CNCc2cnn(Cc3ccccc3)c2)cc1. The monoisotopic (exact) mass is 319 g/mol. The van der Waals surface area contributed by atoms with Gasteiger partial charge in [-0.15, -0.1) is 0 Å². The number of rotatable bonds is 7. The van der Waals surface area contributed by atoms with Crippen LogP contribution in [0.15, 0.2) is 67.0 Å². The van der Waals surface area contributed by atoms with Gasteiger partial charge in [-0.25, -0.2) is 0 Å². The van der Waals surface area contributed by atoms with Gasteiger partial charge in [0.1, 0.15) is 0 Å². The molecule has 0 aliphatic rings. The van der Waals surface area contributed by atoms with Crippen LogP contribution in [0.3, 0.4) is 0 Å². The van der Waals surface area contributed by atoms with Gasteiger partial charge < -0.3 is 5.32 Å².